The summed E-state index contributed by atoms with van der Waals surface area (Å²) in [5.74, 6) is 0. The van der Waals surface area contributed by atoms with E-state index in [1.165, 1.54) is 12.8 Å². The summed E-state index contributed by atoms with van der Waals surface area (Å²) >= 11 is 0. The van der Waals surface area contributed by atoms with Crippen LogP contribution in [0, 0.1) is 0 Å². The first-order valence-corrected chi connectivity index (χ1v) is 3.19. The highest BCUT2D eigenvalue weighted by atomic mass is 16.5. The molecule has 0 aromatic carbocycles. The van der Waals surface area contributed by atoms with E-state index in [1.54, 1.807) is 7.11 Å². The molecule has 0 aliphatic rings. The van der Waals surface area contributed by atoms with Crippen LogP contribution in [0.5, 0.6) is 0 Å². The lowest BCUT2D eigenvalue weighted by Crippen LogP contribution is -2.18. The number of urea groups is 1. The molecular formula is C6H16N2O2. The first kappa shape index (κ1) is 12.0. The Morgan fingerprint density at radius 3 is 2.00 bits per heavy atom. The molecule has 10 heavy (non-hydrogen) atoms. The average Bonchev–Trinajstić information content (AvgIpc) is 1.82. The number of hydrogen-bond donors (Lipinski definition) is 2. The number of rotatable bonds is 3. The molecule has 4 nitrogen and oxygen atoms in total. The fraction of sp³-hybridized carbons (Fsp3) is 0.833. The standard InChI is InChI=1S/C5H12O.CH4N2O/c1-3-4-5-6-2;2-1(3)4/h3-5H2,1-2H3;(H4,2,3,4). The molecule has 0 saturated carbocycles. The van der Waals surface area contributed by atoms with Crippen LogP contribution in [0.15, 0.2) is 0 Å². The Kier molecular flexibility index (Phi) is 13.3. The predicted molar refractivity (Wildman–Crippen MR) is 40.6 cm³/mol. The van der Waals surface area contributed by atoms with Gasteiger partial charge in [0.2, 0.25) is 0 Å². The highest BCUT2D eigenvalue weighted by Gasteiger charge is 1.74. The number of ether oxygens (including phenoxy) is 1. The van der Waals surface area contributed by atoms with Gasteiger partial charge in [-0.3, -0.25) is 0 Å². The van der Waals surface area contributed by atoms with Crippen LogP contribution in [0.1, 0.15) is 19.8 Å². The van der Waals surface area contributed by atoms with Crippen LogP contribution < -0.4 is 11.5 Å². The van der Waals surface area contributed by atoms with Gasteiger partial charge in [-0.15, -0.1) is 0 Å². The summed E-state index contributed by atoms with van der Waals surface area (Å²) in [6, 6.07) is -0.833. The highest BCUT2D eigenvalue weighted by Crippen LogP contribution is 1.83. The number of unbranched alkanes of at least 4 members (excludes halogenated alkanes) is 1. The van der Waals surface area contributed by atoms with Crippen LogP contribution in [-0.2, 0) is 4.74 Å². The molecule has 0 fully saturated rings. The Bertz CT molecular complexity index is 68.1. The number of nitrogens with two attached hydrogens (primary N) is 2. The molecular weight excluding hydrogens is 132 g/mol. The van der Waals surface area contributed by atoms with E-state index in [2.05, 4.69) is 18.4 Å². The highest BCUT2D eigenvalue weighted by molar-refractivity contribution is 5.69. The van der Waals surface area contributed by atoms with Crippen LogP contribution in [0.4, 0.5) is 4.79 Å². The monoisotopic (exact) mass is 148 g/mol. The molecule has 0 aromatic heterocycles. The van der Waals surface area contributed by atoms with Gasteiger partial charge in [-0.05, 0) is 6.42 Å². The van der Waals surface area contributed by atoms with Crippen molar-refractivity contribution in [3.05, 3.63) is 0 Å². The van der Waals surface area contributed by atoms with Crippen molar-refractivity contribution in [2.45, 2.75) is 19.8 Å². The van der Waals surface area contributed by atoms with Gasteiger partial charge in [0.25, 0.3) is 0 Å². The van der Waals surface area contributed by atoms with Crippen molar-refractivity contribution in [2.24, 2.45) is 11.5 Å². The number of amides is 2. The molecule has 4 heteroatoms. The SMILES string of the molecule is CCCCOC.NC(N)=O. The van der Waals surface area contributed by atoms with Gasteiger partial charge in [0.05, 0.1) is 0 Å². The number of primary amides is 2. The molecule has 0 atom stereocenters. The normalized spacial score (nSPS) is 7.80. The van der Waals surface area contributed by atoms with Crippen LogP contribution in [-0.4, -0.2) is 19.7 Å². The maximum absolute atomic E-state index is 9.00. The molecule has 0 heterocycles. The topological polar surface area (TPSA) is 78.3 Å². The van der Waals surface area contributed by atoms with E-state index in [0.29, 0.717) is 0 Å². The number of carbonyl (C=O) groups is 1. The lowest BCUT2D eigenvalue weighted by Gasteiger charge is -1.89. The summed E-state index contributed by atoms with van der Waals surface area (Å²) in [5.41, 5.74) is 8.50. The van der Waals surface area contributed by atoms with Crippen LogP contribution in [0.2, 0.25) is 0 Å². The summed E-state index contributed by atoms with van der Waals surface area (Å²) in [4.78, 5) is 9.00. The second-order valence-corrected chi connectivity index (χ2v) is 1.75. The van der Waals surface area contributed by atoms with Gasteiger partial charge in [-0.2, -0.15) is 0 Å². The molecule has 0 saturated heterocycles. The van der Waals surface area contributed by atoms with Crippen molar-refractivity contribution in [2.75, 3.05) is 13.7 Å². The average molecular weight is 148 g/mol. The third kappa shape index (κ3) is 56.4. The Hall–Kier alpha value is -0.770. The Morgan fingerprint density at radius 2 is 1.90 bits per heavy atom. The number of carbonyl (C=O) groups excluding carboxylic acids is 1. The fourth-order valence-corrected chi connectivity index (χ4v) is 0.289. The van der Waals surface area contributed by atoms with Gasteiger partial charge in [-0.1, -0.05) is 13.3 Å². The largest absolute Gasteiger partial charge is 0.385 e. The lowest BCUT2D eigenvalue weighted by atomic mass is 10.4. The molecule has 0 aliphatic carbocycles. The molecule has 0 aliphatic heterocycles. The van der Waals surface area contributed by atoms with Crippen LogP contribution >= 0.6 is 0 Å². The van der Waals surface area contributed by atoms with Crippen molar-refractivity contribution in [3.63, 3.8) is 0 Å². The van der Waals surface area contributed by atoms with Crippen molar-refractivity contribution < 1.29 is 9.53 Å². The molecule has 0 unspecified atom stereocenters. The molecule has 0 rings (SSSR count). The predicted octanol–water partition coefficient (Wildman–Crippen LogP) is 0.457. The zero-order valence-corrected chi connectivity index (χ0v) is 6.59. The molecule has 0 bridgehead atoms. The maximum Gasteiger partial charge on any atom is 0.309 e. The minimum absolute atomic E-state index is 0.833. The molecule has 62 valence electrons. The first-order valence-electron chi connectivity index (χ1n) is 3.19. The van der Waals surface area contributed by atoms with Gasteiger partial charge in [0.15, 0.2) is 0 Å². The van der Waals surface area contributed by atoms with E-state index in [0.717, 1.165) is 6.61 Å². The summed E-state index contributed by atoms with van der Waals surface area (Å²) in [7, 11) is 1.73. The van der Waals surface area contributed by atoms with E-state index in [1.807, 2.05) is 0 Å². The molecule has 2 amide bonds. The van der Waals surface area contributed by atoms with Crippen LogP contribution in [0.25, 0.3) is 0 Å². The summed E-state index contributed by atoms with van der Waals surface area (Å²) < 4.78 is 4.78. The van der Waals surface area contributed by atoms with Gasteiger partial charge < -0.3 is 16.2 Å². The Balaban J connectivity index is 0. The van der Waals surface area contributed by atoms with E-state index in [-0.39, 0.29) is 0 Å². The molecule has 0 radical (unpaired) electrons. The van der Waals surface area contributed by atoms with Gasteiger partial charge in [-0.25, -0.2) is 4.79 Å². The van der Waals surface area contributed by atoms with Crippen molar-refractivity contribution in [1.82, 2.24) is 0 Å². The summed E-state index contributed by atoms with van der Waals surface area (Å²) in [5, 5.41) is 0. The van der Waals surface area contributed by atoms with E-state index >= 15 is 0 Å². The minimum atomic E-state index is -0.833. The van der Waals surface area contributed by atoms with Gasteiger partial charge in [0, 0.05) is 13.7 Å². The van der Waals surface area contributed by atoms with Crippen molar-refractivity contribution in [1.29, 1.82) is 0 Å². The third-order valence-electron chi connectivity index (χ3n) is 0.702. The van der Waals surface area contributed by atoms with Crippen molar-refractivity contribution >= 4 is 6.03 Å². The second kappa shape index (κ2) is 11.1. The van der Waals surface area contributed by atoms with Gasteiger partial charge in [0.1, 0.15) is 0 Å². The third-order valence-corrected chi connectivity index (χ3v) is 0.702. The number of hydrogen-bond acceptors (Lipinski definition) is 2. The van der Waals surface area contributed by atoms with Crippen molar-refractivity contribution in [3.8, 4) is 0 Å². The second-order valence-electron chi connectivity index (χ2n) is 1.75. The maximum atomic E-state index is 9.00. The van der Waals surface area contributed by atoms with Crippen LogP contribution in [0.3, 0.4) is 0 Å². The summed E-state index contributed by atoms with van der Waals surface area (Å²) in [6.07, 6.45) is 2.42. The zero-order chi connectivity index (χ0) is 8.41. The number of methoxy groups -OCH3 is 1. The smallest absolute Gasteiger partial charge is 0.309 e. The molecule has 0 spiro atoms. The van der Waals surface area contributed by atoms with E-state index in [9.17, 15) is 0 Å². The summed E-state index contributed by atoms with van der Waals surface area (Å²) in [6.45, 7) is 3.07. The van der Waals surface area contributed by atoms with E-state index < -0.39 is 6.03 Å². The first-order chi connectivity index (χ1) is 4.65. The van der Waals surface area contributed by atoms with Gasteiger partial charge >= 0.3 is 6.03 Å². The zero-order valence-electron chi connectivity index (χ0n) is 6.59. The van der Waals surface area contributed by atoms with E-state index in [4.69, 9.17) is 9.53 Å². The molecule has 4 N–H and O–H groups in total. The Labute approximate surface area is 61.5 Å². The molecule has 0 aromatic rings. The fourth-order valence-electron chi connectivity index (χ4n) is 0.289. The quantitative estimate of drug-likeness (QED) is 0.570. The lowest BCUT2D eigenvalue weighted by molar-refractivity contribution is 0.194. The minimum Gasteiger partial charge on any atom is -0.385 e. The Morgan fingerprint density at radius 1 is 1.50 bits per heavy atom.